The highest BCUT2D eigenvalue weighted by molar-refractivity contribution is 4.71. The van der Waals surface area contributed by atoms with Gasteiger partial charge in [-0.3, -0.25) is 0 Å². The Morgan fingerprint density at radius 3 is 2.53 bits per heavy atom. The summed E-state index contributed by atoms with van der Waals surface area (Å²) in [6, 6.07) is 0.690. The van der Waals surface area contributed by atoms with Gasteiger partial charge in [-0.15, -0.1) is 0 Å². The van der Waals surface area contributed by atoms with Crippen LogP contribution in [0, 0.1) is 0 Å². The Morgan fingerprint density at radius 2 is 1.87 bits per heavy atom. The topological polar surface area (TPSA) is 30.5 Å². The lowest BCUT2D eigenvalue weighted by atomic mass is 10.0. The molecule has 0 unspecified atom stereocenters. The van der Waals surface area contributed by atoms with Gasteiger partial charge in [-0.1, -0.05) is 13.3 Å². The van der Waals surface area contributed by atoms with Crippen molar-refractivity contribution < 1.29 is 9.47 Å². The van der Waals surface area contributed by atoms with Crippen LogP contribution in [0.25, 0.3) is 0 Å². The van der Waals surface area contributed by atoms with Gasteiger partial charge in [0.25, 0.3) is 0 Å². The lowest BCUT2D eigenvalue weighted by Crippen LogP contribution is -2.34. The minimum Gasteiger partial charge on any atom is -0.379 e. The van der Waals surface area contributed by atoms with Crippen LogP contribution in [-0.2, 0) is 9.47 Å². The molecule has 0 aromatic heterocycles. The summed E-state index contributed by atoms with van der Waals surface area (Å²) in [5.41, 5.74) is 0. The Hall–Kier alpha value is -0.120. The molecule has 0 amide bonds. The van der Waals surface area contributed by atoms with Crippen molar-refractivity contribution in [2.45, 2.75) is 45.1 Å². The van der Waals surface area contributed by atoms with E-state index >= 15 is 0 Å². The molecular formula is C12H25NO2. The third-order valence-corrected chi connectivity index (χ3v) is 2.74. The first kappa shape index (κ1) is 12.9. The molecule has 0 aromatic carbocycles. The molecule has 1 N–H and O–H groups in total. The summed E-state index contributed by atoms with van der Waals surface area (Å²) in [6.45, 7) is 6.51. The van der Waals surface area contributed by atoms with Crippen molar-refractivity contribution in [3.8, 4) is 0 Å². The largest absolute Gasteiger partial charge is 0.379 e. The molecular weight excluding hydrogens is 190 g/mol. The van der Waals surface area contributed by atoms with Crippen molar-refractivity contribution in [3.63, 3.8) is 0 Å². The minimum atomic E-state index is 0.690. The average Bonchev–Trinajstić information content (AvgIpc) is 2.29. The van der Waals surface area contributed by atoms with E-state index < -0.39 is 0 Å². The zero-order valence-electron chi connectivity index (χ0n) is 9.96. The highest BCUT2D eigenvalue weighted by Gasteiger charge is 2.11. The van der Waals surface area contributed by atoms with Gasteiger partial charge in [-0.05, 0) is 32.2 Å². The maximum absolute atomic E-state index is 5.52. The quantitative estimate of drug-likeness (QED) is 0.628. The van der Waals surface area contributed by atoms with Crippen LogP contribution in [0.3, 0.4) is 0 Å². The van der Waals surface area contributed by atoms with Gasteiger partial charge >= 0.3 is 0 Å². The summed E-state index contributed by atoms with van der Waals surface area (Å²) in [5.74, 6) is 0. The lowest BCUT2D eigenvalue weighted by Gasteiger charge is -2.23. The smallest absolute Gasteiger partial charge is 0.0700 e. The molecule has 3 heteroatoms. The molecule has 0 saturated carbocycles. The standard InChI is InChI=1S/C12H25NO2/c1-2-8-14-10-11-15-9-6-12-5-3-4-7-13-12/h12-13H,2-11H2,1H3/t12-/m1/s1. The van der Waals surface area contributed by atoms with E-state index in [2.05, 4.69) is 12.2 Å². The summed E-state index contributed by atoms with van der Waals surface area (Å²) < 4.78 is 10.9. The first-order chi connectivity index (χ1) is 7.43. The fourth-order valence-corrected chi connectivity index (χ4v) is 1.86. The first-order valence-corrected chi connectivity index (χ1v) is 6.32. The molecule has 1 fully saturated rings. The molecule has 15 heavy (non-hydrogen) atoms. The maximum atomic E-state index is 5.52. The molecule has 1 rings (SSSR count). The summed E-state index contributed by atoms with van der Waals surface area (Å²) in [7, 11) is 0. The fourth-order valence-electron chi connectivity index (χ4n) is 1.86. The highest BCUT2D eigenvalue weighted by atomic mass is 16.5. The van der Waals surface area contributed by atoms with E-state index in [0.717, 1.165) is 39.3 Å². The third kappa shape index (κ3) is 6.88. The van der Waals surface area contributed by atoms with Crippen molar-refractivity contribution in [2.75, 3.05) is 33.0 Å². The summed E-state index contributed by atoms with van der Waals surface area (Å²) in [6.07, 6.45) is 6.26. The van der Waals surface area contributed by atoms with Gasteiger partial charge in [0.2, 0.25) is 0 Å². The zero-order valence-corrected chi connectivity index (χ0v) is 9.96. The second kappa shape index (κ2) is 9.13. The van der Waals surface area contributed by atoms with E-state index in [-0.39, 0.29) is 0 Å². The van der Waals surface area contributed by atoms with Gasteiger partial charge in [-0.25, -0.2) is 0 Å². The summed E-state index contributed by atoms with van der Waals surface area (Å²) in [4.78, 5) is 0. The number of rotatable bonds is 8. The number of hydrogen-bond donors (Lipinski definition) is 1. The van der Waals surface area contributed by atoms with Gasteiger partial charge in [0.05, 0.1) is 13.2 Å². The van der Waals surface area contributed by atoms with E-state index in [9.17, 15) is 0 Å². The molecule has 1 aliphatic rings. The Kier molecular flexibility index (Phi) is 7.88. The van der Waals surface area contributed by atoms with Gasteiger partial charge < -0.3 is 14.8 Å². The molecule has 0 bridgehead atoms. The average molecular weight is 215 g/mol. The van der Waals surface area contributed by atoms with Crippen LogP contribution in [-0.4, -0.2) is 39.0 Å². The van der Waals surface area contributed by atoms with Crippen LogP contribution < -0.4 is 5.32 Å². The Bertz CT molecular complexity index is 136. The molecule has 0 spiro atoms. The third-order valence-electron chi connectivity index (χ3n) is 2.74. The SMILES string of the molecule is CCCOCCOCC[C@H]1CCCCN1. The van der Waals surface area contributed by atoms with E-state index in [0.29, 0.717) is 6.04 Å². The van der Waals surface area contributed by atoms with Crippen LogP contribution in [0.4, 0.5) is 0 Å². The van der Waals surface area contributed by atoms with Crippen LogP contribution in [0.15, 0.2) is 0 Å². The Labute approximate surface area is 93.5 Å². The van der Waals surface area contributed by atoms with Gasteiger partial charge in [-0.2, -0.15) is 0 Å². The van der Waals surface area contributed by atoms with E-state index in [1.807, 2.05) is 0 Å². The number of hydrogen-bond acceptors (Lipinski definition) is 3. The van der Waals surface area contributed by atoms with Crippen LogP contribution in [0.5, 0.6) is 0 Å². The first-order valence-electron chi connectivity index (χ1n) is 6.32. The molecule has 3 nitrogen and oxygen atoms in total. The Balaban J connectivity index is 1.79. The van der Waals surface area contributed by atoms with E-state index in [4.69, 9.17) is 9.47 Å². The van der Waals surface area contributed by atoms with Gasteiger partial charge in [0, 0.05) is 19.3 Å². The van der Waals surface area contributed by atoms with Crippen molar-refractivity contribution in [3.05, 3.63) is 0 Å². The molecule has 0 aromatic rings. The van der Waals surface area contributed by atoms with Crippen molar-refractivity contribution >= 4 is 0 Å². The molecule has 1 atom stereocenters. The molecule has 0 radical (unpaired) electrons. The summed E-state index contributed by atoms with van der Waals surface area (Å²) >= 11 is 0. The van der Waals surface area contributed by atoms with E-state index in [1.54, 1.807) is 0 Å². The maximum Gasteiger partial charge on any atom is 0.0700 e. The molecule has 1 aliphatic heterocycles. The van der Waals surface area contributed by atoms with Gasteiger partial charge in [0.15, 0.2) is 0 Å². The zero-order chi connectivity index (χ0) is 10.8. The van der Waals surface area contributed by atoms with Crippen LogP contribution >= 0.6 is 0 Å². The number of piperidine rings is 1. The van der Waals surface area contributed by atoms with Crippen molar-refractivity contribution in [1.82, 2.24) is 5.32 Å². The number of ether oxygens (including phenoxy) is 2. The fraction of sp³-hybridized carbons (Fsp3) is 1.00. The van der Waals surface area contributed by atoms with Crippen LogP contribution in [0.2, 0.25) is 0 Å². The van der Waals surface area contributed by atoms with Gasteiger partial charge in [0.1, 0.15) is 0 Å². The van der Waals surface area contributed by atoms with Crippen molar-refractivity contribution in [1.29, 1.82) is 0 Å². The molecule has 1 saturated heterocycles. The predicted octanol–water partition coefficient (Wildman–Crippen LogP) is 1.96. The van der Waals surface area contributed by atoms with E-state index in [1.165, 1.54) is 25.8 Å². The summed E-state index contributed by atoms with van der Waals surface area (Å²) in [5, 5.41) is 3.52. The normalized spacial score (nSPS) is 21.8. The second-order valence-electron chi connectivity index (χ2n) is 4.16. The molecule has 0 aliphatic carbocycles. The number of nitrogens with one attached hydrogen (secondary N) is 1. The highest BCUT2D eigenvalue weighted by Crippen LogP contribution is 2.09. The Morgan fingerprint density at radius 1 is 1.07 bits per heavy atom. The predicted molar refractivity (Wildman–Crippen MR) is 62.2 cm³/mol. The van der Waals surface area contributed by atoms with Crippen LogP contribution in [0.1, 0.15) is 39.0 Å². The minimum absolute atomic E-state index is 0.690. The molecule has 90 valence electrons. The molecule has 1 heterocycles. The lowest BCUT2D eigenvalue weighted by molar-refractivity contribution is 0.0438. The van der Waals surface area contributed by atoms with Crippen molar-refractivity contribution in [2.24, 2.45) is 0 Å². The monoisotopic (exact) mass is 215 g/mol. The second-order valence-corrected chi connectivity index (χ2v) is 4.16.